The van der Waals surface area contributed by atoms with E-state index in [4.69, 9.17) is 4.74 Å². The number of hydrogen-bond donors (Lipinski definition) is 1. The maximum absolute atomic E-state index is 12.5. The molecule has 0 radical (unpaired) electrons. The van der Waals surface area contributed by atoms with Gasteiger partial charge in [0.15, 0.2) is 5.78 Å². The van der Waals surface area contributed by atoms with Crippen molar-refractivity contribution in [2.45, 2.75) is 70.3 Å². The Balaban J connectivity index is 1.36. The van der Waals surface area contributed by atoms with Crippen molar-refractivity contribution in [2.24, 2.45) is 5.92 Å². The molecule has 0 amide bonds. The lowest BCUT2D eigenvalue weighted by Gasteiger charge is -2.28. The molecule has 0 saturated heterocycles. The summed E-state index contributed by atoms with van der Waals surface area (Å²) in [4.78, 5) is 12.5. The van der Waals surface area contributed by atoms with Crippen molar-refractivity contribution in [2.75, 3.05) is 0 Å². The summed E-state index contributed by atoms with van der Waals surface area (Å²) in [5, 5.41) is 10.5. The number of carbonyl (C=O) groups excluding carboxylic acids is 1. The van der Waals surface area contributed by atoms with Crippen molar-refractivity contribution in [1.29, 1.82) is 0 Å². The molecular weight excluding hydrogens is 348 g/mol. The lowest BCUT2D eigenvalue weighted by Crippen LogP contribution is -2.22. The smallest absolute Gasteiger partial charge is 0.167 e. The van der Waals surface area contributed by atoms with E-state index in [1.165, 1.54) is 12.0 Å². The van der Waals surface area contributed by atoms with Crippen LogP contribution in [0, 0.1) is 5.92 Å². The van der Waals surface area contributed by atoms with Crippen LogP contribution in [0.3, 0.4) is 0 Å². The van der Waals surface area contributed by atoms with E-state index < -0.39 is 0 Å². The van der Waals surface area contributed by atoms with E-state index in [2.05, 4.69) is 37.3 Å². The molecule has 0 unspecified atom stereocenters. The quantitative estimate of drug-likeness (QED) is 0.597. The third kappa shape index (κ3) is 4.09. The molecule has 2 aromatic carbocycles. The van der Waals surface area contributed by atoms with Crippen LogP contribution in [-0.4, -0.2) is 17.0 Å². The number of ketones is 1. The Bertz CT molecular complexity index is 827. The summed E-state index contributed by atoms with van der Waals surface area (Å²) in [5.41, 5.74) is 2.95. The molecule has 2 aliphatic carbocycles. The Kier molecular flexibility index (Phi) is 5.70. The largest absolute Gasteiger partial charge is 0.507 e. The van der Waals surface area contributed by atoms with Crippen molar-refractivity contribution < 1.29 is 14.6 Å². The first-order valence-electron chi connectivity index (χ1n) is 10.7. The van der Waals surface area contributed by atoms with Gasteiger partial charge in [0, 0.05) is 12.5 Å². The van der Waals surface area contributed by atoms with E-state index in [1.54, 1.807) is 6.07 Å². The van der Waals surface area contributed by atoms with Gasteiger partial charge in [0.1, 0.15) is 11.5 Å². The number of carbonyl (C=O) groups is 1. The average molecular weight is 379 g/mol. The molecule has 1 saturated carbocycles. The van der Waals surface area contributed by atoms with E-state index in [-0.39, 0.29) is 17.6 Å². The highest BCUT2D eigenvalue weighted by Crippen LogP contribution is 2.49. The second kappa shape index (κ2) is 8.38. The monoisotopic (exact) mass is 378 g/mol. The fraction of sp³-hybridized carbons (Fsp3) is 0.480. The molecule has 2 aromatic rings. The second-order valence-electron chi connectivity index (χ2n) is 8.49. The van der Waals surface area contributed by atoms with Crippen LogP contribution in [0.1, 0.15) is 79.3 Å². The predicted octanol–water partition coefficient (Wildman–Crippen LogP) is 6.04. The number of hydrogen-bond acceptors (Lipinski definition) is 3. The zero-order valence-corrected chi connectivity index (χ0v) is 16.7. The Hall–Kier alpha value is -2.29. The number of benzene rings is 2. The van der Waals surface area contributed by atoms with Gasteiger partial charge in [-0.15, -0.1) is 0 Å². The molecular formula is C25H30O3. The standard InChI is InChI=1S/C25H30O3/c1-17(8-5-6-11-18-9-3-2-4-10-18)28-20-15-22-21-13-7-12-19(21)14-23(26)25(22)24(27)16-20/h2-4,9-10,15-17,19,21,27H,5-8,11-14H2,1H3/t17-,19+,21-/m1/s1. The minimum atomic E-state index is 0.0897. The average Bonchev–Trinajstić information content (AvgIpc) is 3.14. The Labute approximate surface area is 167 Å². The van der Waals surface area contributed by atoms with Gasteiger partial charge in [-0.1, -0.05) is 36.8 Å². The van der Waals surface area contributed by atoms with Crippen LogP contribution in [0.25, 0.3) is 0 Å². The molecule has 0 spiro atoms. The van der Waals surface area contributed by atoms with Crippen LogP contribution in [0.15, 0.2) is 42.5 Å². The summed E-state index contributed by atoms with van der Waals surface area (Å²) in [6, 6.07) is 14.2. The first kappa shape index (κ1) is 19.0. The van der Waals surface area contributed by atoms with Crippen molar-refractivity contribution in [3.05, 3.63) is 59.2 Å². The van der Waals surface area contributed by atoms with Crippen molar-refractivity contribution >= 4 is 5.78 Å². The van der Waals surface area contributed by atoms with Crippen LogP contribution in [0.4, 0.5) is 0 Å². The van der Waals surface area contributed by atoms with Gasteiger partial charge in [0.2, 0.25) is 0 Å². The number of Topliss-reactive ketones (excluding diaryl/α,β-unsaturated/α-hetero) is 1. The van der Waals surface area contributed by atoms with Crippen molar-refractivity contribution in [3.8, 4) is 11.5 Å². The number of fused-ring (bicyclic) bond motifs is 3. The van der Waals surface area contributed by atoms with Crippen LogP contribution in [0.2, 0.25) is 0 Å². The molecule has 4 rings (SSSR count). The fourth-order valence-corrected chi connectivity index (χ4v) is 5.01. The molecule has 3 nitrogen and oxygen atoms in total. The van der Waals surface area contributed by atoms with E-state index >= 15 is 0 Å². The lowest BCUT2D eigenvalue weighted by molar-refractivity contribution is 0.0940. The summed E-state index contributed by atoms with van der Waals surface area (Å²) in [6.07, 6.45) is 8.42. The van der Waals surface area contributed by atoms with Crippen LogP contribution < -0.4 is 4.74 Å². The summed E-state index contributed by atoms with van der Waals surface area (Å²) < 4.78 is 6.13. The van der Waals surface area contributed by atoms with E-state index in [0.29, 0.717) is 29.6 Å². The molecule has 1 N–H and O–H groups in total. The number of ether oxygens (including phenoxy) is 1. The minimum absolute atomic E-state index is 0.0897. The SMILES string of the molecule is C[C@H](CCCCc1ccccc1)Oc1cc(O)c2c(c1)[C@@H]1CCC[C@H]1CC2=O. The fourth-order valence-electron chi connectivity index (χ4n) is 5.01. The normalized spacial score (nSPS) is 21.8. The van der Waals surface area contributed by atoms with Gasteiger partial charge in [-0.05, 0) is 74.5 Å². The number of aryl methyl sites for hydroxylation is 1. The summed E-state index contributed by atoms with van der Waals surface area (Å²) in [7, 11) is 0. The summed E-state index contributed by atoms with van der Waals surface area (Å²) >= 11 is 0. The summed E-state index contributed by atoms with van der Waals surface area (Å²) in [6.45, 7) is 2.09. The van der Waals surface area contributed by atoms with Gasteiger partial charge < -0.3 is 9.84 Å². The molecule has 3 heteroatoms. The van der Waals surface area contributed by atoms with Gasteiger partial charge >= 0.3 is 0 Å². The van der Waals surface area contributed by atoms with E-state index in [1.807, 2.05) is 6.07 Å². The molecule has 0 aliphatic heterocycles. The molecule has 0 bridgehead atoms. The highest BCUT2D eigenvalue weighted by atomic mass is 16.5. The number of phenols is 1. The third-order valence-corrected chi connectivity index (χ3v) is 6.41. The summed E-state index contributed by atoms with van der Waals surface area (Å²) in [5.74, 6) is 1.75. The maximum Gasteiger partial charge on any atom is 0.167 e. The van der Waals surface area contributed by atoms with Crippen LogP contribution in [-0.2, 0) is 6.42 Å². The Morgan fingerprint density at radius 2 is 1.96 bits per heavy atom. The molecule has 0 heterocycles. The Morgan fingerprint density at radius 1 is 1.14 bits per heavy atom. The minimum Gasteiger partial charge on any atom is -0.507 e. The molecule has 0 aromatic heterocycles. The van der Waals surface area contributed by atoms with Gasteiger partial charge in [0.25, 0.3) is 0 Å². The van der Waals surface area contributed by atoms with E-state index in [9.17, 15) is 9.90 Å². The first-order chi connectivity index (χ1) is 13.6. The maximum atomic E-state index is 12.5. The highest BCUT2D eigenvalue weighted by Gasteiger charge is 2.38. The predicted molar refractivity (Wildman–Crippen MR) is 111 cm³/mol. The molecule has 1 fully saturated rings. The van der Waals surface area contributed by atoms with Crippen molar-refractivity contribution in [3.63, 3.8) is 0 Å². The number of aromatic hydroxyl groups is 1. The number of unbranched alkanes of at least 4 members (excludes halogenated alkanes) is 1. The van der Waals surface area contributed by atoms with E-state index in [0.717, 1.165) is 44.1 Å². The van der Waals surface area contributed by atoms with Crippen LogP contribution >= 0.6 is 0 Å². The third-order valence-electron chi connectivity index (χ3n) is 6.41. The topological polar surface area (TPSA) is 46.5 Å². The number of phenolic OH excluding ortho intramolecular Hbond substituents is 1. The molecule has 2 aliphatic rings. The first-order valence-corrected chi connectivity index (χ1v) is 10.7. The Morgan fingerprint density at radius 3 is 2.79 bits per heavy atom. The van der Waals surface area contributed by atoms with Gasteiger partial charge in [0.05, 0.1) is 11.7 Å². The van der Waals surface area contributed by atoms with Crippen LogP contribution in [0.5, 0.6) is 11.5 Å². The zero-order valence-electron chi connectivity index (χ0n) is 16.7. The zero-order chi connectivity index (χ0) is 19.5. The second-order valence-corrected chi connectivity index (χ2v) is 8.49. The van der Waals surface area contributed by atoms with Gasteiger partial charge in [-0.25, -0.2) is 0 Å². The molecule has 28 heavy (non-hydrogen) atoms. The highest BCUT2D eigenvalue weighted by molar-refractivity contribution is 6.01. The molecule has 3 atom stereocenters. The lowest BCUT2D eigenvalue weighted by atomic mass is 9.76. The van der Waals surface area contributed by atoms with Gasteiger partial charge in [-0.3, -0.25) is 4.79 Å². The van der Waals surface area contributed by atoms with Crippen molar-refractivity contribution in [1.82, 2.24) is 0 Å². The molecule has 148 valence electrons. The number of rotatable bonds is 7. The van der Waals surface area contributed by atoms with Gasteiger partial charge in [-0.2, -0.15) is 0 Å².